The average Bonchev–Trinajstić information content (AvgIpc) is 2.71. The molecule has 21 heavy (non-hydrogen) atoms. The highest BCUT2D eigenvalue weighted by molar-refractivity contribution is 9.11. The van der Waals surface area contributed by atoms with E-state index in [9.17, 15) is 13.2 Å². The first-order valence-corrected chi connectivity index (χ1v) is 9.41. The molecule has 112 valence electrons. The number of carboxylic acids is 1. The van der Waals surface area contributed by atoms with Crippen LogP contribution in [0.3, 0.4) is 0 Å². The lowest BCUT2D eigenvalue weighted by Crippen LogP contribution is -2.15. The van der Waals surface area contributed by atoms with Crippen LogP contribution in [0.15, 0.2) is 37.4 Å². The molecule has 0 radical (unpaired) electrons. The third-order valence-electron chi connectivity index (χ3n) is 2.59. The zero-order valence-electron chi connectivity index (χ0n) is 10.6. The van der Waals surface area contributed by atoms with E-state index in [-0.39, 0.29) is 16.1 Å². The number of benzene rings is 1. The molecule has 0 spiro atoms. The van der Waals surface area contributed by atoms with E-state index in [2.05, 4.69) is 36.6 Å². The Hall–Kier alpha value is -0.900. The molecule has 5 nitrogen and oxygen atoms in total. The summed E-state index contributed by atoms with van der Waals surface area (Å²) in [6.07, 6.45) is 0. The highest BCUT2D eigenvalue weighted by Gasteiger charge is 2.22. The molecule has 0 saturated carbocycles. The third kappa shape index (κ3) is 3.65. The van der Waals surface area contributed by atoms with Crippen molar-refractivity contribution in [3.05, 3.63) is 43.0 Å². The lowest BCUT2D eigenvalue weighted by atomic mass is 10.2. The Morgan fingerprint density at radius 2 is 1.95 bits per heavy atom. The highest BCUT2D eigenvalue weighted by atomic mass is 79.9. The van der Waals surface area contributed by atoms with E-state index in [0.717, 1.165) is 0 Å². The number of hydrogen-bond acceptors (Lipinski definition) is 4. The normalized spacial score (nSPS) is 11.4. The quantitative estimate of drug-likeness (QED) is 0.728. The van der Waals surface area contributed by atoms with Gasteiger partial charge >= 0.3 is 5.97 Å². The Kier molecular flexibility index (Phi) is 4.76. The topological polar surface area (TPSA) is 83.5 Å². The van der Waals surface area contributed by atoms with Crippen LogP contribution in [0.1, 0.15) is 15.2 Å². The molecular formula is C12H9Br2NO4S2. The van der Waals surface area contributed by atoms with Crippen molar-refractivity contribution in [3.8, 4) is 0 Å². The predicted molar refractivity (Wildman–Crippen MR) is 88.7 cm³/mol. The van der Waals surface area contributed by atoms with E-state index in [1.165, 1.54) is 29.5 Å². The zero-order valence-corrected chi connectivity index (χ0v) is 15.4. The Bertz CT molecular complexity index is 815. The maximum Gasteiger partial charge on any atom is 0.337 e. The fraction of sp³-hybridized carbons (Fsp3) is 0.0833. The van der Waals surface area contributed by atoms with E-state index in [1.807, 2.05) is 0 Å². The van der Waals surface area contributed by atoms with Crippen LogP contribution >= 0.6 is 43.2 Å². The highest BCUT2D eigenvalue weighted by Crippen LogP contribution is 2.31. The Morgan fingerprint density at radius 1 is 1.29 bits per heavy atom. The summed E-state index contributed by atoms with van der Waals surface area (Å²) >= 11 is 7.69. The summed E-state index contributed by atoms with van der Waals surface area (Å²) in [5, 5.41) is 9.16. The number of hydrogen-bond donors (Lipinski definition) is 2. The van der Waals surface area contributed by atoms with Gasteiger partial charge in [-0.2, -0.15) is 0 Å². The van der Waals surface area contributed by atoms with Crippen molar-refractivity contribution in [2.75, 3.05) is 4.72 Å². The van der Waals surface area contributed by atoms with Gasteiger partial charge in [0.15, 0.2) is 0 Å². The monoisotopic (exact) mass is 453 g/mol. The van der Waals surface area contributed by atoms with Gasteiger partial charge in [-0.25, -0.2) is 13.2 Å². The summed E-state index contributed by atoms with van der Waals surface area (Å²) in [5.41, 5.74) is -0.104. The molecule has 0 aliphatic heterocycles. The van der Waals surface area contributed by atoms with E-state index in [1.54, 1.807) is 13.0 Å². The zero-order chi connectivity index (χ0) is 15.8. The minimum atomic E-state index is -3.84. The van der Waals surface area contributed by atoms with Gasteiger partial charge in [0, 0.05) is 9.35 Å². The number of halogens is 2. The molecule has 0 atom stereocenters. The molecular weight excluding hydrogens is 446 g/mol. The van der Waals surface area contributed by atoms with Gasteiger partial charge in [-0.15, -0.1) is 11.3 Å². The number of thiophene rings is 1. The van der Waals surface area contributed by atoms with Gasteiger partial charge in [-0.05, 0) is 47.1 Å². The molecule has 2 N–H and O–H groups in total. The molecule has 9 heteroatoms. The van der Waals surface area contributed by atoms with Gasteiger partial charge in [0.05, 0.1) is 15.0 Å². The fourth-order valence-electron chi connectivity index (χ4n) is 1.68. The number of sulfonamides is 1. The SMILES string of the molecule is Cc1sc(Br)cc1S(=O)(=O)Nc1ccc(Br)cc1C(=O)O. The summed E-state index contributed by atoms with van der Waals surface area (Å²) in [6, 6.07) is 5.81. The van der Waals surface area contributed by atoms with Crippen molar-refractivity contribution < 1.29 is 18.3 Å². The van der Waals surface area contributed by atoms with Crippen molar-refractivity contribution in [1.82, 2.24) is 0 Å². The van der Waals surface area contributed by atoms with Crippen LogP contribution in [0.5, 0.6) is 0 Å². The van der Waals surface area contributed by atoms with E-state index >= 15 is 0 Å². The predicted octanol–water partition coefficient (Wildman–Crippen LogP) is 4.08. The lowest BCUT2D eigenvalue weighted by Gasteiger charge is -2.10. The summed E-state index contributed by atoms with van der Waals surface area (Å²) in [6.45, 7) is 1.68. The van der Waals surface area contributed by atoms with Crippen LogP contribution in [-0.4, -0.2) is 19.5 Å². The van der Waals surface area contributed by atoms with Crippen molar-refractivity contribution in [1.29, 1.82) is 0 Å². The minimum absolute atomic E-state index is 0.0208. The largest absolute Gasteiger partial charge is 0.478 e. The van der Waals surface area contributed by atoms with Crippen molar-refractivity contribution in [3.63, 3.8) is 0 Å². The van der Waals surface area contributed by atoms with Crippen molar-refractivity contribution >= 4 is 64.9 Å². The number of carbonyl (C=O) groups is 1. The summed E-state index contributed by atoms with van der Waals surface area (Å²) in [5.74, 6) is -1.21. The molecule has 0 bridgehead atoms. The van der Waals surface area contributed by atoms with Crippen LogP contribution in [0.2, 0.25) is 0 Å². The number of aromatic carboxylic acids is 1. The van der Waals surface area contributed by atoms with Crippen LogP contribution in [0, 0.1) is 6.92 Å². The van der Waals surface area contributed by atoms with Crippen LogP contribution in [0.4, 0.5) is 5.69 Å². The number of carboxylic acid groups (broad SMARTS) is 1. The summed E-state index contributed by atoms with van der Waals surface area (Å²) in [4.78, 5) is 11.9. The lowest BCUT2D eigenvalue weighted by molar-refractivity contribution is 0.0698. The van der Waals surface area contributed by atoms with Gasteiger partial charge in [0.2, 0.25) is 0 Å². The van der Waals surface area contributed by atoms with Gasteiger partial charge < -0.3 is 5.11 Å². The van der Waals surface area contributed by atoms with Gasteiger partial charge in [0.1, 0.15) is 4.90 Å². The number of nitrogens with one attached hydrogen (secondary N) is 1. The van der Waals surface area contributed by atoms with Crippen LogP contribution in [0.25, 0.3) is 0 Å². The van der Waals surface area contributed by atoms with Crippen LogP contribution in [-0.2, 0) is 10.0 Å². The van der Waals surface area contributed by atoms with Crippen LogP contribution < -0.4 is 4.72 Å². The maximum atomic E-state index is 12.4. The molecule has 0 amide bonds. The average molecular weight is 455 g/mol. The summed E-state index contributed by atoms with van der Waals surface area (Å²) in [7, 11) is -3.84. The second-order valence-corrected chi connectivity index (χ2v) is 9.27. The van der Waals surface area contributed by atoms with Crippen molar-refractivity contribution in [2.24, 2.45) is 0 Å². The Morgan fingerprint density at radius 3 is 2.48 bits per heavy atom. The first-order chi connectivity index (χ1) is 9.70. The number of aryl methyl sites for hydroxylation is 1. The number of rotatable bonds is 4. The summed E-state index contributed by atoms with van der Waals surface area (Å²) < 4.78 is 28.3. The molecule has 0 aliphatic carbocycles. The van der Waals surface area contributed by atoms with E-state index in [0.29, 0.717) is 13.1 Å². The molecule has 0 fully saturated rings. The van der Waals surface area contributed by atoms with Gasteiger partial charge in [-0.1, -0.05) is 15.9 Å². The standard InChI is InChI=1S/C12H9Br2NO4S2/c1-6-10(5-11(14)20-6)21(18,19)15-9-3-2-7(13)4-8(9)12(16)17/h2-5,15H,1H3,(H,16,17). The van der Waals surface area contributed by atoms with Crippen molar-refractivity contribution in [2.45, 2.75) is 11.8 Å². The molecule has 1 aromatic carbocycles. The Labute approximate surface area is 142 Å². The molecule has 0 saturated heterocycles. The smallest absolute Gasteiger partial charge is 0.337 e. The fourth-order valence-corrected chi connectivity index (χ4v) is 5.54. The second kappa shape index (κ2) is 6.07. The first kappa shape index (κ1) is 16.5. The van der Waals surface area contributed by atoms with E-state index < -0.39 is 16.0 Å². The minimum Gasteiger partial charge on any atom is -0.478 e. The molecule has 2 aromatic rings. The molecule has 0 unspecified atom stereocenters. The second-order valence-electron chi connectivity index (χ2n) is 4.07. The third-order valence-corrected chi connectivity index (χ3v) is 6.26. The Balaban J connectivity index is 2.47. The number of anilines is 1. The maximum absolute atomic E-state index is 12.4. The first-order valence-electron chi connectivity index (χ1n) is 5.52. The van der Waals surface area contributed by atoms with E-state index in [4.69, 9.17) is 5.11 Å². The van der Waals surface area contributed by atoms with Gasteiger partial charge in [-0.3, -0.25) is 4.72 Å². The molecule has 2 rings (SSSR count). The van der Waals surface area contributed by atoms with Gasteiger partial charge in [0.25, 0.3) is 10.0 Å². The molecule has 0 aliphatic rings. The molecule has 1 aromatic heterocycles. The molecule has 1 heterocycles.